The van der Waals surface area contributed by atoms with Crippen molar-refractivity contribution in [3.63, 3.8) is 0 Å². The van der Waals surface area contributed by atoms with Gasteiger partial charge in [-0.25, -0.2) is 4.79 Å². The molecule has 0 radical (unpaired) electrons. The number of rotatable bonds is 1. The minimum absolute atomic E-state index is 0.0538. The van der Waals surface area contributed by atoms with Crippen LogP contribution in [0.5, 0.6) is 0 Å². The molecule has 1 heterocycles. The van der Waals surface area contributed by atoms with Gasteiger partial charge in [0.15, 0.2) is 0 Å². The molecule has 0 aromatic rings. The van der Waals surface area contributed by atoms with E-state index in [0.717, 1.165) is 12.8 Å². The second-order valence-corrected chi connectivity index (χ2v) is 4.22. The second-order valence-electron chi connectivity index (χ2n) is 4.22. The molecule has 2 aliphatic rings. The van der Waals surface area contributed by atoms with Crippen molar-refractivity contribution in [2.45, 2.75) is 38.1 Å². The molecule has 3 amide bonds. The maximum absolute atomic E-state index is 11.7. The molecule has 0 aromatic carbocycles. The molecule has 1 aliphatic heterocycles. The highest BCUT2D eigenvalue weighted by molar-refractivity contribution is 6.04. The van der Waals surface area contributed by atoms with Gasteiger partial charge >= 0.3 is 6.03 Å². The lowest BCUT2D eigenvalue weighted by atomic mass is 9.84. The fourth-order valence-corrected chi connectivity index (χ4v) is 2.39. The average molecular weight is 196 g/mol. The van der Waals surface area contributed by atoms with E-state index < -0.39 is 0 Å². The van der Waals surface area contributed by atoms with Crippen molar-refractivity contribution in [3.05, 3.63) is 0 Å². The number of likely N-dealkylation sites (N-methyl/N-ethyl adjacent to an activating group) is 1. The van der Waals surface area contributed by atoms with Crippen molar-refractivity contribution >= 4 is 11.9 Å². The highest BCUT2D eigenvalue weighted by atomic mass is 16.2. The van der Waals surface area contributed by atoms with Gasteiger partial charge in [-0.15, -0.1) is 0 Å². The van der Waals surface area contributed by atoms with Crippen LogP contribution in [0, 0.1) is 5.92 Å². The van der Waals surface area contributed by atoms with Crippen molar-refractivity contribution in [2.24, 2.45) is 5.92 Å². The van der Waals surface area contributed by atoms with Gasteiger partial charge in [-0.05, 0) is 18.8 Å². The van der Waals surface area contributed by atoms with E-state index in [9.17, 15) is 9.59 Å². The number of hydrogen-bond acceptors (Lipinski definition) is 2. The standard InChI is InChI=1S/C10H16N2O2/c1-12-9(13)8(11-10(12)14)7-5-3-2-4-6-7/h7-8H,2-6H2,1H3,(H,11,14). The molecule has 2 fully saturated rings. The summed E-state index contributed by atoms with van der Waals surface area (Å²) in [4.78, 5) is 24.1. The molecule has 4 nitrogen and oxygen atoms in total. The van der Waals surface area contributed by atoms with Gasteiger partial charge in [0.2, 0.25) is 0 Å². The van der Waals surface area contributed by atoms with Gasteiger partial charge in [-0.2, -0.15) is 0 Å². The number of urea groups is 1. The minimum Gasteiger partial charge on any atom is -0.326 e. The Labute approximate surface area is 83.6 Å². The Hall–Kier alpha value is -1.06. The number of imide groups is 1. The van der Waals surface area contributed by atoms with E-state index in [0.29, 0.717) is 5.92 Å². The van der Waals surface area contributed by atoms with Gasteiger partial charge < -0.3 is 5.32 Å². The number of carbonyl (C=O) groups is 2. The summed E-state index contributed by atoms with van der Waals surface area (Å²) in [5, 5.41) is 2.76. The summed E-state index contributed by atoms with van der Waals surface area (Å²) in [7, 11) is 1.54. The summed E-state index contributed by atoms with van der Waals surface area (Å²) in [6, 6.07) is -0.488. The summed E-state index contributed by atoms with van der Waals surface area (Å²) >= 11 is 0. The van der Waals surface area contributed by atoms with Crippen LogP contribution in [-0.2, 0) is 4.79 Å². The van der Waals surface area contributed by atoms with Gasteiger partial charge in [-0.3, -0.25) is 9.69 Å². The minimum atomic E-state index is -0.245. The molecule has 1 aliphatic carbocycles. The Morgan fingerprint density at radius 3 is 2.36 bits per heavy atom. The van der Waals surface area contributed by atoms with E-state index in [1.54, 1.807) is 7.05 Å². The van der Waals surface area contributed by atoms with Crippen LogP contribution in [0.25, 0.3) is 0 Å². The van der Waals surface area contributed by atoms with Crippen LogP contribution in [0.2, 0.25) is 0 Å². The number of hydrogen-bond donors (Lipinski definition) is 1. The van der Waals surface area contributed by atoms with Gasteiger partial charge in [0.25, 0.3) is 5.91 Å². The third-order valence-corrected chi connectivity index (χ3v) is 3.30. The summed E-state index contributed by atoms with van der Waals surface area (Å²) in [6.07, 6.45) is 5.79. The Morgan fingerprint density at radius 1 is 1.21 bits per heavy atom. The first-order valence-corrected chi connectivity index (χ1v) is 5.28. The predicted molar refractivity (Wildman–Crippen MR) is 51.7 cm³/mol. The Morgan fingerprint density at radius 2 is 1.86 bits per heavy atom. The molecule has 1 saturated heterocycles. The largest absolute Gasteiger partial charge is 0.326 e. The van der Waals surface area contributed by atoms with Crippen molar-refractivity contribution in [3.8, 4) is 0 Å². The zero-order valence-electron chi connectivity index (χ0n) is 8.45. The van der Waals surface area contributed by atoms with Gasteiger partial charge in [0.05, 0.1) is 0 Å². The molecule has 1 saturated carbocycles. The zero-order valence-corrected chi connectivity index (χ0v) is 8.45. The van der Waals surface area contributed by atoms with Crippen LogP contribution in [0.1, 0.15) is 32.1 Å². The molecule has 14 heavy (non-hydrogen) atoms. The maximum Gasteiger partial charge on any atom is 0.324 e. The van der Waals surface area contributed by atoms with E-state index in [1.807, 2.05) is 0 Å². The zero-order chi connectivity index (χ0) is 10.1. The first kappa shape index (κ1) is 9.49. The first-order chi connectivity index (χ1) is 6.70. The topological polar surface area (TPSA) is 49.4 Å². The lowest BCUT2D eigenvalue weighted by Gasteiger charge is -2.25. The number of nitrogens with one attached hydrogen (secondary N) is 1. The lowest BCUT2D eigenvalue weighted by Crippen LogP contribution is -2.37. The average Bonchev–Trinajstić information content (AvgIpc) is 2.47. The van der Waals surface area contributed by atoms with Crippen LogP contribution in [0.4, 0.5) is 4.79 Å². The first-order valence-electron chi connectivity index (χ1n) is 5.28. The van der Waals surface area contributed by atoms with Crippen LogP contribution in [0.3, 0.4) is 0 Å². The van der Waals surface area contributed by atoms with Crippen molar-refractivity contribution in [2.75, 3.05) is 7.05 Å². The van der Waals surface area contributed by atoms with Crippen LogP contribution in [-0.4, -0.2) is 29.9 Å². The third kappa shape index (κ3) is 1.49. The molecule has 0 spiro atoms. The van der Waals surface area contributed by atoms with E-state index in [1.165, 1.54) is 24.2 Å². The molecule has 1 atom stereocenters. The van der Waals surface area contributed by atoms with Gasteiger partial charge in [0, 0.05) is 7.05 Å². The Balaban J connectivity index is 2.04. The van der Waals surface area contributed by atoms with Crippen LogP contribution >= 0.6 is 0 Å². The number of nitrogens with zero attached hydrogens (tertiary/aromatic N) is 1. The van der Waals surface area contributed by atoms with Crippen LogP contribution in [0.15, 0.2) is 0 Å². The fraction of sp³-hybridized carbons (Fsp3) is 0.800. The number of carbonyl (C=O) groups excluding carboxylic acids is 2. The molecular formula is C10H16N2O2. The third-order valence-electron chi connectivity index (χ3n) is 3.30. The van der Waals surface area contributed by atoms with Crippen molar-refractivity contribution in [1.29, 1.82) is 0 Å². The highest BCUT2D eigenvalue weighted by Crippen LogP contribution is 2.28. The molecule has 4 heteroatoms. The fourth-order valence-electron chi connectivity index (χ4n) is 2.39. The van der Waals surface area contributed by atoms with Gasteiger partial charge in [0.1, 0.15) is 6.04 Å². The normalized spacial score (nSPS) is 29.5. The Kier molecular flexibility index (Phi) is 2.44. The lowest BCUT2D eigenvalue weighted by molar-refractivity contribution is -0.127. The quantitative estimate of drug-likeness (QED) is 0.639. The van der Waals surface area contributed by atoms with Crippen molar-refractivity contribution < 1.29 is 9.59 Å². The molecule has 2 rings (SSSR count). The molecule has 1 N–H and O–H groups in total. The van der Waals surface area contributed by atoms with Gasteiger partial charge in [-0.1, -0.05) is 19.3 Å². The molecule has 0 bridgehead atoms. The van der Waals surface area contributed by atoms with E-state index >= 15 is 0 Å². The highest BCUT2D eigenvalue weighted by Gasteiger charge is 2.40. The maximum atomic E-state index is 11.7. The smallest absolute Gasteiger partial charge is 0.324 e. The summed E-state index contributed by atoms with van der Waals surface area (Å²) < 4.78 is 0. The summed E-state index contributed by atoms with van der Waals surface area (Å²) in [6.45, 7) is 0. The molecule has 1 unspecified atom stereocenters. The number of amides is 3. The van der Waals surface area contributed by atoms with Crippen molar-refractivity contribution in [1.82, 2.24) is 10.2 Å². The SMILES string of the molecule is CN1C(=O)NC(C2CCCCC2)C1=O. The molecular weight excluding hydrogens is 180 g/mol. The molecule has 78 valence electrons. The van der Waals surface area contributed by atoms with Crippen LogP contribution < -0.4 is 5.32 Å². The van der Waals surface area contributed by atoms with E-state index in [2.05, 4.69) is 5.32 Å². The molecule has 0 aromatic heterocycles. The van der Waals surface area contributed by atoms with E-state index in [-0.39, 0.29) is 18.0 Å². The predicted octanol–water partition coefficient (Wildman–Crippen LogP) is 1.12. The monoisotopic (exact) mass is 196 g/mol. The Bertz CT molecular complexity index is 259. The second kappa shape index (κ2) is 3.59. The van der Waals surface area contributed by atoms with E-state index in [4.69, 9.17) is 0 Å². The summed E-state index contributed by atoms with van der Waals surface area (Å²) in [5.74, 6) is 0.312. The summed E-state index contributed by atoms with van der Waals surface area (Å²) in [5.41, 5.74) is 0.